The average Bonchev–Trinajstić information content (AvgIpc) is 2.78. The van der Waals surface area contributed by atoms with E-state index in [9.17, 15) is 9.59 Å². The summed E-state index contributed by atoms with van der Waals surface area (Å²) in [6.07, 6.45) is 0.997. The number of carbonyl (C=O) groups excluding carboxylic acids is 2. The van der Waals surface area contributed by atoms with Crippen molar-refractivity contribution in [3.63, 3.8) is 0 Å². The molecule has 166 valence electrons. The Bertz CT molecular complexity index is 861. The highest BCUT2D eigenvalue weighted by atomic mass is 16.5. The van der Waals surface area contributed by atoms with Gasteiger partial charge in [0.2, 0.25) is 5.91 Å². The van der Waals surface area contributed by atoms with Gasteiger partial charge >= 0.3 is 0 Å². The third kappa shape index (κ3) is 7.29. The maximum atomic E-state index is 12.5. The highest BCUT2D eigenvalue weighted by Crippen LogP contribution is 2.18. The van der Waals surface area contributed by atoms with Crippen LogP contribution in [0.5, 0.6) is 5.75 Å². The van der Waals surface area contributed by atoms with Crippen LogP contribution in [0.2, 0.25) is 0 Å². The quantitative estimate of drug-likeness (QED) is 0.641. The first-order valence-corrected chi connectivity index (χ1v) is 10.7. The highest BCUT2D eigenvalue weighted by Gasteiger charge is 2.18. The summed E-state index contributed by atoms with van der Waals surface area (Å²) in [6, 6.07) is 14.6. The van der Waals surface area contributed by atoms with Gasteiger partial charge in [0.15, 0.2) is 0 Å². The molecule has 0 bridgehead atoms. The Balaban J connectivity index is 1.46. The second kappa shape index (κ2) is 11.4. The van der Waals surface area contributed by atoms with Gasteiger partial charge in [-0.2, -0.15) is 0 Å². The summed E-state index contributed by atoms with van der Waals surface area (Å²) in [6.45, 7) is 7.47. The Labute approximate surface area is 183 Å². The Hall–Kier alpha value is -3.06. The number of nitrogens with zero attached hydrogens (tertiary/aromatic N) is 1. The van der Waals surface area contributed by atoms with E-state index in [1.165, 1.54) is 0 Å². The number of morpholine rings is 1. The van der Waals surface area contributed by atoms with Crippen molar-refractivity contribution in [2.24, 2.45) is 5.92 Å². The Morgan fingerprint density at radius 2 is 1.81 bits per heavy atom. The lowest BCUT2D eigenvalue weighted by Crippen LogP contribution is -2.40. The summed E-state index contributed by atoms with van der Waals surface area (Å²) in [4.78, 5) is 26.6. The Morgan fingerprint density at radius 3 is 2.52 bits per heavy atom. The smallest absolute Gasteiger partial charge is 0.254 e. The van der Waals surface area contributed by atoms with Crippen LogP contribution in [-0.2, 0) is 9.53 Å². The van der Waals surface area contributed by atoms with E-state index in [-0.39, 0.29) is 18.4 Å². The predicted molar refractivity (Wildman–Crippen MR) is 122 cm³/mol. The molecular formula is C24H31N3O4. The maximum Gasteiger partial charge on any atom is 0.254 e. The summed E-state index contributed by atoms with van der Waals surface area (Å²) in [5, 5.41) is 5.95. The molecule has 7 heteroatoms. The van der Waals surface area contributed by atoms with Crippen LogP contribution in [-0.4, -0.2) is 56.2 Å². The lowest BCUT2D eigenvalue weighted by atomic mass is 10.1. The molecule has 31 heavy (non-hydrogen) atoms. The van der Waals surface area contributed by atoms with E-state index in [2.05, 4.69) is 24.5 Å². The van der Waals surface area contributed by atoms with E-state index in [1.807, 2.05) is 24.3 Å². The molecule has 1 saturated heterocycles. The van der Waals surface area contributed by atoms with Crippen molar-refractivity contribution >= 4 is 23.2 Å². The third-order valence-corrected chi connectivity index (χ3v) is 4.96. The fourth-order valence-corrected chi connectivity index (χ4v) is 3.14. The molecule has 1 fully saturated rings. The van der Waals surface area contributed by atoms with E-state index in [0.717, 1.165) is 17.9 Å². The topological polar surface area (TPSA) is 79.9 Å². The second-order valence-electron chi connectivity index (χ2n) is 7.94. The van der Waals surface area contributed by atoms with Gasteiger partial charge in [0, 0.05) is 36.1 Å². The number of carbonyl (C=O) groups is 2. The zero-order chi connectivity index (χ0) is 22.1. The molecule has 2 N–H and O–H groups in total. The number of benzene rings is 2. The van der Waals surface area contributed by atoms with Gasteiger partial charge in [0.05, 0.1) is 26.4 Å². The average molecular weight is 426 g/mol. The summed E-state index contributed by atoms with van der Waals surface area (Å²) in [5.74, 6) is 1.19. The molecule has 2 aromatic carbocycles. The van der Waals surface area contributed by atoms with E-state index in [4.69, 9.17) is 9.47 Å². The maximum absolute atomic E-state index is 12.5. The molecule has 3 rings (SSSR count). The van der Waals surface area contributed by atoms with Crippen molar-refractivity contribution in [2.75, 3.05) is 50.1 Å². The lowest BCUT2D eigenvalue weighted by Gasteiger charge is -2.26. The fourth-order valence-electron chi connectivity index (χ4n) is 3.14. The summed E-state index contributed by atoms with van der Waals surface area (Å²) in [5.41, 5.74) is 2.08. The molecule has 1 aliphatic rings. The van der Waals surface area contributed by atoms with Crippen LogP contribution >= 0.6 is 0 Å². The van der Waals surface area contributed by atoms with Gasteiger partial charge in [-0.25, -0.2) is 0 Å². The highest BCUT2D eigenvalue weighted by molar-refractivity contribution is 5.96. The molecule has 0 saturated carbocycles. The first-order valence-electron chi connectivity index (χ1n) is 10.7. The molecule has 0 aliphatic carbocycles. The first-order chi connectivity index (χ1) is 15.0. The zero-order valence-corrected chi connectivity index (χ0v) is 18.2. The standard InChI is InChI=1S/C24H31N3O4/c1-18(2)10-13-31-22-5-3-4-21(16-22)25-17-23(28)26-20-8-6-19(7-9-20)24(29)27-11-14-30-15-12-27/h3-9,16,18,25H,10-15,17H2,1-2H3,(H,26,28). The zero-order valence-electron chi connectivity index (χ0n) is 18.2. The van der Waals surface area contributed by atoms with Crippen molar-refractivity contribution in [1.29, 1.82) is 0 Å². The van der Waals surface area contributed by atoms with Crippen molar-refractivity contribution in [2.45, 2.75) is 20.3 Å². The van der Waals surface area contributed by atoms with E-state index >= 15 is 0 Å². The molecule has 0 unspecified atom stereocenters. The van der Waals surface area contributed by atoms with Gasteiger partial charge in [0.1, 0.15) is 5.75 Å². The van der Waals surface area contributed by atoms with Gasteiger partial charge in [-0.1, -0.05) is 19.9 Å². The number of anilines is 2. The van der Waals surface area contributed by atoms with Crippen LogP contribution < -0.4 is 15.4 Å². The molecule has 1 heterocycles. The number of hydrogen-bond acceptors (Lipinski definition) is 5. The van der Waals surface area contributed by atoms with Crippen LogP contribution in [0.15, 0.2) is 48.5 Å². The molecule has 0 aromatic heterocycles. The molecule has 2 aromatic rings. The normalized spacial score (nSPS) is 13.7. The third-order valence-electron chi connectivity index (χ3n) is 4.96. The van der Waals surface area contributed by atoms with Crippen LogP contribution in [0.25, 0.3) is 0 Å². The molecule has 0 atom stereocenters. The van der Waals surface area contributed by atoms with Gasteiger partial charge in [-0.3, -0.25) is 9.59 Å². The Kier molecular flexibility index (Phi) is 8.29. The minimum Gasteiger partial charge on any atom is -0.494 e. The number of hydrogen-bond donors (Lipinski definition) is 2. The predicted octanol–water partition coefficient (Wildman–Crippen LogP) is 3.63. The SMILES string of the molecule is CC(C)CCOc1cccc(NCC(=O)Nc2ccc(C(=O)N3CCOCC3)cc2)c1. The summed E-state index contributed by atoms with van der Waals surface area (Å²) in [7, 11) is 0. The van der Waals surface area contributed by atoms with Crippen molar-refractivity contribution < 1.29 is 19.1 Å². The fraction of sp³-hybridized carbons (Fsp3) is 0.417. The molecule has 0 radical (unpaired) electrons. The summed E-state index contributed by atoms with van der Waals surface area (Å²) >= 11 is 0. The minimum absolute atomic E-state index is 0.0154. The van der Waals surface area contributed by atoms with Crippen LogP contribution in [0.3, 0.4) is 0 Å². The van der Waals surface area contributed by atoms with Crippen LogP contribution in [0.4, 0.5) is 11.4 Å². The first kappa shape index (κ1) is 22.6. The van der Waals surface area contributed by atoms with E-state index in [0.29, 0.717) is 50.1 Å². The number of amides is 2. The lowest BCUT2D eigenvalue weighted by molar-refractivity contribution is -0.114. The van der Waals surface area contributed by atoms with Gasteiger partial charge in [-0.15, -0.1) is 0 Å². The number of nitrogens with one attached hydrogen (secondary N) is 2. The molecule has 1 aliphatic heterocycles. The molecular weight excluding hydrogens is 394 g/mol. The largest absolute Gasteiger partial charge is 0.494 e. The Morgan fingerprint density at radius 1 is 1.06 bits per heavy atom. The molecule has 7 nitrogen and oxygen atoms in total. The van der Waals surface area contributed by atoms with Gasteiger partial charge in [0.25, 0.3) is 5.91 Å². The molecule has 2 amide bonds. The van der Waals surface area contributed by atoms with Crippen molar-refractivity contribution in [3.05, 3.63) is 54.1 Å². The van der Waals surface area contributed by atoms with Gasteiger partial charge in [-0.05, 0) is 48.7 Å². The second-order valence-corrected chi connectivity index (χ2v) is 7.94. The van der Waals surface area contributed by atoms with Crippen molar-refractivity contribution in [3.8, 4) is 5.75 Å². The number of ether oxygens (including phenoxy) is 2. The van der Waals surface area contributed by atoms with E-state index in [1.54, 1.807) is 29.2 Å². The van der Waals surface area contributed by atoms with Crippen LogP contribution in [0.1, 0.15) is 30.6 Å². The van der Waals surface area contributed by atoms with Crippen LogP contribution in [0, 0.1) is 5.92 Å². The van der Waals surface area contributed by atoms with Crippen molar-refractivity contribution in [1.82, 2.24) is 4.90 Å². The summed E-state index contributed by atoms with van der Waals surface area (Å²) < 4.78 is 11.0. The minimum atomic E-state index is -0.168. The van der Waals surface area contributed by atoms with Gasteiger partial charge < -0.3 is 25.0 Å². The molecule has 0 spiro atoms. The van der Waals surface area contributed by atoms with E-state index < -0.39 is 0 Å². The number of rotatable bonds is 9. The monoisotopic (exact) mass is 425 g/mol.